The summed E-state index contributed by atoms with van der Waals surface area (Å²) in [5.74, 6) is -0.286. The zero-order valence-electron chi connectivity index (χ0n) is 17.1. The van der Waals surface area contributed by atoms with Crippen LogP contribution in [0, 0.1) is 0 Å². The maximum absolute atomic E-state index is 11.6. The standard InChI is InChI=1S/C21H42N2O3/c1-2-3-4-5-6-7-8-9-10-11-12-13-20(26-21(24)18-22)19-23-14-16-25-17-15-23/h20H,2-19,22H2,1H3. The molecule has 26 heavy (non-hydrogen) atoms. The molecule has 0 bridgehead atoms. The van der Waals surface area contributed by atoms with Gasteiger partial charge in [-0.3, -0.25) is 9.69 Å². The monoisotopic (exact) mass is 370 g/mol. The molecule has 2 N–H and O–H groups in total. The summed E-state index contributed by atoms with van der Waals surface area (Å²) in [6.45, 7) is 6.45. The molecule has 1 rings (SSSR count). The number of morpholine rings is 1. The van der Waals surface area contributed by atoms with Gasteiger partial charge in [-0.1, -0.05) is 71.1 Å². The second-order valence-corrected chi connectivity index (χ2v) is 7.55. The van der Waals surface area contributed by atoms with Crippen LogP contribution in [0.15, 0.2) is 0 Å². The van der Waals surface area contributed by atoms with Crippen LogP contribution < -0.4 is 5.73 Å². The summed E-state index contributed by atoms with van der Waals surface area (Å²) in [4.78, 5) is 13.9. The number of hydrogen-bond donors (Lipinski definition) is 1. The lowest BCUT2D eigenvalue weighted by molar-refractivity contribution is -0.149. The van der Waals surface area contributed by atoms with E-state index in [0.29, 0.717) is 0 Å². The number of esters is 1. The molecule has 0 radical (unpaired) electrons. The quantitative estimate of drug-likeness (QED) is 0.330. The van der Waals surface area contributed by atoms with Gasteiger partial charge in [0, 0.05) is 19.6 Å². The fourth-order valence-electron chi connectivity index (χ4n) is 3.53. The molecule has 0 aromatic carbocycles. The number of rotatable bonds is 16. The third kappa shape index (κ3) is 12.7. The van der Waals surface area contributed by atoms with Crippen molar-refractivity contribution in [2.24, 2.45) is 5.73 Å². The molecule has 1 fully saturated rings. The topological polar surface area (TPSA) is 64.8 Å². The van der Waals surface area contributed by atoms with E-state index in [0.717, 1.165) is 45.7 Å². The first kappa shape index (κ1) is 23.4. The number of carbonyl (C=O) groups excluding carboxylic acids is 1. The summed E-state index contributed by atoms with van der Waals surface area (Å²) in [5, 5.41) is 0. The van der Waals surface area contributed by atoms with Crippen LogP contribution in [0.2, 0.25) is 0 Å². The van der Waals surface area contributed by atoms with Gasteiger partial charge in [-0.15, -0.1) is 0 Å². The first-order chi connectivity index (χ1) is 12.8. The fraction of sp³-hybridized carbons (Fsp3) is 0.952. The molecule has 1 aliphatic heterocycles. The van der Waals surface area contributed by atoms with Crippen molar-refractivity contribution in [3.8, 4) is 0 Å². The molecule has 154 valence electrons. The lowest BCUT2D eigenvalue weighted by atomic mass is 10.0. The average molecular weight is 371 g/mol. The summed E-state index contributed by atoms with van der Waals surface area (Å²) in [6, 6.07) is 0. The highest BCUT2D eigenvalue weighted by atomic mass is 16.5. The van der Waals surface area contributed by atoms with Crippen molar-refractivity contribution >= 4 is 5.97 Å². The zero-order valence-corrected chi connectivity index (χ0v) is 17.1. The van der Waals surface area contributed by atoms with E-state index in [1.54, 1.807) is 0 Å². The lowest BCUT2D eigenvalue weighted by Gasteiger charge is -2.30. The smallest absolute Gasteiger partial charge is 0.320 e. The predicted octanol–water partition coefficient (Wildman–Crippen LogP) is 3.89. The first-order valence-electron chi connectivity index (χ1n) is 11.0. The van der Waals surface area contributed by atoms with E-state index in [1.165, 1.54) is 64.2 Å². The highest BCUT2D eigenvalue weighted by Gasteiger charge is 2.19. The Hall–Kier alpha value is -0.650. The molecule has 1 heterocycles. The summed E-state index contributed by atoms with van der Waals surface area (Å²) >= 11 is 0. The molecular weight excluding hydrogens is 328 g/mol. The number of hydrogen-bond acceptors (Lipinski definition) is 5. The van der Waals surface area contributed by atoms with Crippen LogP contribution in [0.4, 0.5) is 0 Å². The molecule has 1 atom stereocenters. The number of unbranched alkanes of at least 4 members (excludes halogenated alkanes) is 10. The summed E-state index contributed by atoms with van der Waals surface area (Å²) in [7, 11) is 0. The van der Waals surface area contributed by atoms with Crippen molar-refractivity contribution in [3.63, 3.8) is 0 Å². The van der Waals surface area contributed by atoms with Crippen LogP contribution in [0.1, 0.15) is 84.0 Å². The number of carbonyl (C=O) groups is 1. The molecule has 1 aliphatic rings. The molecule has 0 aliphatic carbocycles. The van der Waals surface area contributed by atoms with Crippen molar-refractivity contribution in [2.45, 2.75) is 90.1 Å². The van der Waals surface area contributed by atoms with E-state index in [9.17, 15) is 4.79 Å². The van der Waals surface area contributed by atoms with Crippen LogP contribution in [0.5, 0.6) is 0 Å². The fourth-order valence-corrected chi connectivity index (χ4v) is 3.53. The maximum Gasteiger partial charge on any atom is 0.320 e. The maximum atomic E-state index is 11.6. The molecular formula is C21H42N2O3. The van der Waals surface area contributed by atoms with Gasteiger partial charge < -0.3 is 15.2 Å². The normalized spacial score (nSPS) is 16.5. The lowest BCUT2D eigenvalue weighted by Crippen LogP contribution is -2.42. The zero-order chi connectivity index (χ0) is 18.9. The summed E-state index contributed by atoms with van der Waals surface area (Å²) in [5.41, 5.74) is 5.41. The second-order valence-electron chi connectivity index (χ2n) is 7.55. The van der Waals surface area contributed by atoms with Gasteiger partial charge in [-0.25, -0.2) is 0 Å². The van der Waals surface area contributed by atoms with E-state index in [-0.39, 0.29) is 18.6 Å². The predicted molar refractivity (Wildman–Crippen MR) is 107 cm³/mol. The number of nitrogens with two attached hydrogens (primary N) is 1. The van der Waals surface area contributed by atoms with Crippen molar-refractivity contribution in [1.29, 1.82) is 0 Å². The Morgan fingerprint density at radius 3 is 2.04 bits per heavy atom. The SMILES string of the molecule is CCCCCCCCCCCCCC(CN1CCOCC1)OC(=O)CN. The summed E-state index contributed by atoms with van der Waals surface area (Å²) < 4.78 is 10.9. The minimum Gasteiger partial charge on any atom is -0.460 e. The third-order valence-electron chi connectivity index (χ3n) is 5.16. The first-order valence-corrected chi connectivity index (χ1v) is 11.0. The van der Waals surface area contributed by atoms with Crippen molar-refractivity contribution in [3.05, 3.63) is 0 Å². The van der Waals surface area contributed by atoms with E-state index in [2.05, 4.69) is 11.8 Å². The van der Waals surface area contributed by atoms with Gasteiger partial charge in [0.15, 0.2) is 0 Å². The molecule has 0 aromatic rings. The van der Waals surface area contributed by atoms with E-state index < -0.39 is 0 Å². The van der Waals surface area contributed by atoms with Gasteiger partial charge in [-0.2, -0.15) is 0 Å². The van der Waals surface area contributed by atoms with E-state index in [1.807, 2.05) is 0 Å². The molecule has 1 saturated heterocycles. The van der Waals surface area contributed by atoms with Crippen LogP contribution in [0.3, 0.4) is 0 Å². The summed E-state index contributed by atoms with van der Waals surface area (Å²) in [6.07, 6.45) is 15.6. The minimum absolute atomic E-state index is 0.0253. The Balaban J connectivity index is 2.06. The highest BCUT2D eigenvalue weighted by Crippen LogP contribution is 2.14. The Morgan fingerprint density at radius 1 is 0.962 bits per heavy atom. The van der Waals surface area contributed by atoms with Crippen LogP contribution in [0.25, 0.3) is 0 Å². The minimum atomic E-state index is -0.286. The van der Waals surface area contributed by atoms with Crippen LogP contribution in [-0.4, -0.2) is 56.4 Å². The van der Waals surface area contributed by atoms with Crippen molar-refractivity contribution in [1.82, 2.24) is 4.90 Å². The van der Waals surface area contributed by atoms with Crippen LogP contribution in [-0.2, 0) is 14.3 Å². The Kier molecular flexibility index (Phi) is 14.9. The van der Waals surface area contributed by atoms with Gasteiger partial charge in [0.1, 0.15) is 6.10 Å². The molecule has 0 saturated carbocycles. The molecule has 0 spiro atoms. The highest BCUT2D eigenvalue weighted by molar-refractivity contribution is 5.71. The molecule has 0 amide bonds. The third-order valence-corrected chi connectivity index (χ3v) is 5.16. The molecule has 5 heteroatoms. The van der Waals surface area contributed by atoms with Gasteiger partial charge in [0.25, 0.3) is 0 Å². The van der Waals surface area contributed by atoms with Gasteiger partial charge >= 0.3 is 5.97 Å². The van der Waals surface area contributed by atoms with E-state index >= 15 is 0 Å². The average Bonchev–Trinajstić information content (AvgIpc) is 2.66. The Labute approximate surface area is 161 Å². The van der Waals surface area contributed by atoms with Gasteiger partial charge in [0.05, 0.1) is 19.8 Å². The Bertz CT molecular complexity index is 333. The largest absolute Gasteiger partial charge is 0.460 e. The van der Waals surface area contributed by atoms with E-state index in [4.69, 9.17) is 15.2 Å². The molecule has 0 aromatic heterocycles. The number of nitrogens with zero attached hydrogens (tertiary/aromatic N) is 1. The van der Waals surface area contributed by atoms with Crippen LogP contribution >= 0.6 is 0 Å². The van der Waals surface area contributed by atoms with Gasteiger partial charge in [-0.05, 0) is 12.8 Å². The van der Waals surface area contributed by atoms with Crippen molar-refractivity contribution in [2.75, 3.05) is 39.4 Å². The molecule has 1 unspecified atom stereocenters. The molecule has 5 nitrogen and oxygen atoms in total. The Morgan fingerprint density at radius 2 is 1.50 bits per heavy atom. The second kappa shape index (κ2) is 16.5. The number of ether oxygens (including phenoxy) is 2. The van der Waals surface area contributed by atoms with Crippen molar-refractivity contribution < 1.29 is 14.3 Å². The van der Waals surface area contributed by atoms with Gasteiger partial charge in [0.2, 0.25) is 0 Å².